The first kappa shape index (κ1) is 25.1. The van der Waals surface area contributed by atoms with Crippen LogP contribution in [-0.4, -0.2) is 45.1 Å². The summed E-state index contributed by atoms with van der Waals surface area (Å²) in [7, 11) is -3.85. The number of ether oxygens (including phenoxy) is 3. The van der Waals surface area contributed by atoms with E-state index in [0.29, 0.717) is 36.7 Å². The summed E-state index contributed by atoms with van der Waals surface area (Å²) in [5, 5.41) is 0. The predicted octanol–water partition coefficient (Wildman–Crippen LogP) is 4.34. The maximum Gasteiger partial charge on any atom is 0.307 e. The van der Waals surface area contributed by atoms with Gasteiger partial charge in [-0.1, -0.05) is 17.7 Å². The van der Waals surface area contributed by atoms with Crippen molar-refractivity contribution in [2.45, 2.75) is 58.4 Å². The molecular weight excluding hydrogens is 442 g/mol. The topological polar surface area (TPSA) is 82.1 Å². The summed E-state index contributed by atoms with van der Waals surface area (Å²) in [6.07, 6.45) is 0.426. The second kappa shape index (κ2) is 10.6. The Morgan fingerprint density at radius 3 is 2.27 bits per heavy atom. The highest BCUT2D eigenvalue weighted by Gasteiger charge is 2.39. The van der Waals surface area contributed by atoms with Crippen LogP contribution in [0.3, 0.4) is 0 Å². The Kier molecular flexibility index (Phi) is 8.02. The smallest absolute Gasteiger partial charge is 0.307 e. The summed E-state index contributed by atoms with van der Waals surface area (Å²) >= 11 is 0. The average Bonchev–Trinajstić information content (AvgIpc) is 2.74. The fourth-order valence-corrected chi connectivity index (χ4v) is 6.13. The molecule has 0 radical (unpaired) electrons. The molecule has 1 atom stereocenters. The number of fused-ring (bicyclic) bond motifs is 1. The molecule has 0 saturated carbocycles. The van der Waals surface area contributed by atoms with Gasteiger partial charge in [-0.2, -0.15) is 4.31 Å². The summed E-state index contributed by atoms with van der Waals surface area (Å²) in [6.45, 7) is 10.6. The van der Waals surface area contributed by atoms with Gasteiger partial charge in [-0.25, -0.2) is 8.42 Å². The van der Waals surface area contributed by atoms with E-state index in [4.69, 9.17) is 14.2 Å². The molecule has 3 rings (SSSR count). The van der Waals surface area contributed by atoms with Crippen LogP contribution < -0.4 is 9.47 Å². The monoisotopic (exact) mass is 475 g/mol. The maximum absolute atomic E-state index is 13.8. The minimum Gasteiger partial charge on any atom is -0.490 e. The van der Waals surface area contributed by atoms with Crippen LogP contribution in [0.2, 0.25) is 0 Å². The Labute approximate surface area is 196 Å². The second-order valence-electron chi connectivity index (χ2n) is 8.02. The molecule has 0 aromatic heterocycles. The van der Waals surface area contributed by atoms with Crippen LogP contribution >= 0.6 is 0 Å². The molecule has 0 spiro atoms. The van der Waals surface area contributed by atoms with Crippen molar-refractivity contribution in [2.75, 3.05) is 26.4 Å². The fourth-order valence-electron chi connectivity index (χ4n) is 4.32. The highest BCUT2D eigenvalue weighted by Crippen LogP contribution is 2.42. The number of aryl methyl sites for hydroxylation is 2. The number of hydrogen-bond acceptors (Lipinski definition) is 6. The van der Waals surface area contributed by atoms with E-state index < -0.39 is 22.0 Å². The minimum absolute atomic E-state index is 0.0788. The lowest BCUT2D eigenvalue weighted by Crippen LogP contribution is -2.41. The lowest BCUT2D eigenvalue weighted by atomic mass is 9.91. The Hall–Kier alpha value is -2.58. The van der Waals surface area contributed by atoms with Crippen LogP contribution in [-0.2, 0) is 26.0 Å². The largest absolute Gasteiger partial charge is 0.490 e. The number of nitrogens with zero attached hydrogens (tertiary/aromatic N) is 1. The van der Waals surface area contributed by atoms with Crippen LogP contribution in [0.4, 0.5) is 0 Å². The van der Waals surface area contributed by atoms with Crippen LogP contribution in [0.15, 0.2) is 35.2 Å². The summed E-state index contributed by atoms with van der Waals surface area (Å²) in [5.74, 6) is 0.722. The number of rotatable bonds is 9. The first-order chi connectivity index (χ1) is 15.7. The van der Waals surface area contributed by atoms with Gasteiger partial charge in [0.15, 0.2) is 11.5 Å². The van der Waals surface area contributed by atoms with Gasteiger partial charge < -0.3 is 14.2 Å². The zero-order chi connectivity index (χ0) is 24.2. The number of carbonyl (C=O) groups is 1. The number of esters is 1. The SMILES string of the molecule is CCOC(=O)C[C@H]1c2cc(OCC)c(OCC)cc2CCN1S(=O)(=O)c1ccc(C)cc1C. The van der Waals surface area contributed by atoms with Crippen molar-refractivity contribution < 1.29 is 27.4 Å². The van der Waals surface area contributed by atoms with Crippen molar-refractivity contribution in [3.8, 4) is 11.5 Å². The third kappa shape index (κ3) is 5.33. The van der Waals surface area contributed by atoms with Crippen molar-refractivity contribution in [1.82, 2.24) is 4.31 Å². The van der Waals surface area contributed by atoms with Crippen LogP contribution in [0, 0.1) is 13.8 Å². The molecule has 8 heteroatoms. The maximum atomic E-state index is 13.8. The van der Waals surface area contributed by atoms with E-state index in [1.165, 1.54) is 4.31 Å². The molecule has 0 fully saturated rings. The van der Waals surface area contributed by atoms with Gasteiger partial charge in [0, 0.05) is 6.54 Å². The third-order valence-corrected chi connectivity index (χ3v) is 7.76. The van der Waals surface area contributed by atoms with Gasteiger partial charge >= 0.3 is 5.97 Å². The lowest BCUT2D eigenvalue weighted by Gasteiger charge is -2.36. The molecule has 180 valence electrons. The van der Waals surface area contributed by atoms with Gasteiger partial charge in [0.2, 0.25) is 10.0 Å². The first-order valence-electron chi connectivity index (χ1n) is 11.4. The number of carbonyl (C=O) groups excluding carboxylic acids is 1. The highest BCUT2D eigenvalue weighted by atomic mass is 32.2. The molecule has 0 aliphatic carbocycles. The standard InChI is InChI=1S/C25H33NO6S/c1-6-30-22-14-19-11-12-26(33(28,29)24-10-9-17(4)13-18(24)5)21(16-25(27)32-8-3)20(19)15-23(22)31-7-2/h9-10,13-15,21H,6-8,11-12,16H2,1-5H3/t21-/m0/s1. The van der Waals surface area contributed by atoms with Crippen molar-refractivity contribution >= 4 is 16.0 Å². The van der Waals surface area contributed by atoms with Gasteiger partial charge in [0.25, 0.3) is 0 Å². The molecule has 2 aromatic carbocycles. The van der Waals surface area contributed by atoms with E-state index >= 15 is 0 Å². The van der Waals surface area contributed by atoms with Crippen molar-refractivity contribution in [1.29, 1.82) is 0 Å². The van der Waals surface area contributed by atoms with Crippen LogP contribution in [0.5, 0.6) is 11.5 Å². The van der Waals surface area contributed by atoms with Gasteiger partial charge in [-0.05, 0) is 75.9 Å². The molecule has 0 saturated heterocycles. The average molecular weight is 476 g/mol. The number of sulfonamides is 1. The van der Waals surface area contributed by atoms with Gasteiger partial charge in [-0.3, -0.25) is 4.79 Å². The molecule has 1 aliphatic rings. The predicted molar refractivity (Wildman–Crippen MR) is 126 cm³/mol. The summed E-state index contributed by atoms with van der Waals surface area (Å²) in [5.41, 5.74) is 3.36. The lowest BCUT2D eigenvalue weighted by molar-refractivity contribution is -0.144. The molecule has 0 bridgehead atoms. The first-order valence-corrected chi connectivity index (χ1v) is 12.8. The van der Waals surface area contributed by atoms with Crippen molar-refractivity contribution in [3.63, 3.8) is 0 Å². The Bertz CT molecular complexity index is 1110. The molecule has 2 aromatic rings. The molecule has 1 aliphatic heterocycles. The quantitative estimate of drug-likeness (QED) is 0.502. The van der Waals surface area contributed by atoms with E-state index in [1.807, 2.05) is 39.0 Å². The third-order valence-electron chi connectivity index (χ3n) is 5.70. The zero-order valence-corrected chi connectivity index (χ0v) is 20.8. The number of benzene rings is 2. The normalized spacial score (nSPS) is 16.2. The molecule has 1 heterocycles. The Morgan fingerprint density at radius 1 is 1.00 bits per heavy atom. The van der Waals surface area contributed by atoms with Gasteiger partial charge in [0.1, 0.15) is 0 Å². The van der Waals surface area contributed by atoms with E-state index in [9.17, 15) is 13.2 Å². The minimum atomic E-state index is -3.85. The zero-order valence-electron chi connectivity index (χ0n) is 20.0. The molecule has 0 N–H and O–H groups in total. The summed E-state index contributed by atoms with van der Waals surface area (Å²) in [6, 6.07) is 8.31. The summed E-state index contributed by atoms with van der Waals surface area (Å²) < 4.78 is 45.7. The Morgan fingerprint density at radius 2 is 1.67 bits per heavy atom. The molecule has 33 heavy (non-hydrogen) atoms. The van der Waals surface area contributed by atoms with Crippen molar-refractivity contribution in [2.24, 2.45) is 0 Å². The Balaban J connectivity index is 2.12. The van der Waals surface area contributed by atoms with E-state index in [-0.39, 0.29) is 24.5 Å². The van der Waals surface area contributed by atoms with E-state index in [2.05, 4.69) is 0 Å². The molecular formula is C25H33NO6S. The van der Waals surface area contributed by atoms with Crippen molar-refractivity contribution in [3.05, 3.63) is 52.6 Å². The number of hydrogen-bond donors (Lipinski definition) is 0. The van der Waals surface area contributed by atoms with E-state index in [1.54, 1.807) is 26.0 Å². The van der Waals surface area contributed by atoms with Crippen LogP contribution in [0.25, 0.3) is 0 Å². The molecule has 0 amide bonds. The van der Waals surface area contributed by atoms with Crippen LogP contribution in [0.1, 0.15) is 55.5 Å². The summed E-state index contributed by atoms with van der Waals surface area (Å²) in [4.78, 5) is 12.8. The fraction of sp³-hybridized carbons (Fsp3) is 0.480. The van der Waals surface area contributed by atoms with Gasteiger partial charge in [0.05, 0.1) is 37.2 Å². The second-order valence-corrected chi connectivity index (χ2v) is 9.88. The van der Waals surface area contributed by atoms with E-state index in [0.717, 1.165) is 16.7 Å². The molecule has 7 nitrogen and oxygen atoms in total. The highest BCUT2D eigenvalue weighted by molar-refractivity contribution is 7.89. The van der Waals surface area contributed by atoms with Gasteiger partial charge in [-0.15, -0.1) is 0 Å². The molecule has 0 unspecified atom stereocenters.